The van der Waals surface area contributed by atoms with Crippen LogP contribution in [0.3, 0.4) is 0 Å². The van der Waals surface area contributed by atoms with Crippen molar-refractivity contribution in [2.75, 3.05) is 5.32 Å². The molecule has 0 amide bonds. The van der Waals surface area contributed by atoms with Crippen LogP contribution in [0.2, 0.25) is 0 Å². The van der Waals surface area contributed by atoms with Crippen molar-refractivity contribution < 1.29 is 0 Å². The first-order chi connectivity index (χ1) is 11.6. The number of hydrogen-bond donors (Lipinski definition) is 2. The van der Waals surface area contributed by atoms with Crippen molar-refractivity contribution in [3.05, 3.63) is 84.0 Å². The van der Waals surface area contributed by atoms with Crippen LogP contribution in [0.1, 0.15) is 42.0 Å². The molecule has 0 atom stereocenters. The van der Waals surface area contributed by atoms with Gasteiger partial charge in [-0.25, -0.2) is 0 Å². The average molecular weight is 316 g/mol. The maximum absolute atomic E-state index is 6.01. The molecule has 3 N–H and O–H groups in total. The van der Waals surface area contributed by atoms with E-state index in [1.165, 1.54) is 23.1 Å². The average Bonchev–Trinajstić information content (AvgIpc) is 2.90. The van der Waals surface area contributed by atoms with Gasteiger partial charge >= 0.3 is 0 Å². The Labute approximate surface area is 144 Å². The summed E-state index contributed by atoms with van der Waals surface area (Å²) >= 11 is 0. The molecule has 0 fully saturated rings. The standard InChI is InChI=1S/C22H24N2/c1-4-5-8-17-11-12-18(14-21(17)16(3)23)24-22-13-15(2)19-9-6-7-10-20(19)22/h6-7,9-14,24H,2-5,8,23H2,1H3. The second-order valence-electron chi connectivity index (χ2n) is 6.25. The fraction of sp³-hybridized carbons (Fsp3) is 0.182. The molecule has 24 heavy (non-hydrogen) atoms. The number of fused-ring (bicyclic) bond motifs is 1. The SMILES string of the molecule is C=C(N)c1cc(NC2=CC(=C)c3ccccc32)ccc1CCCC. The van der Waals surface area contributed by atoms with Crippen LogP contribution in [0.15, 0.2) is 61.7 Å². The minimum absolute atomic E-state index is 0.620. The lowest BCUT2D eigenvalue weighted by atomic mass is 9.99. The zero-order chi connectivity index (χ0) is 17.1. The first-order valence-corrected chi connectivity index (χ1v) is 8.45. The Hall–Kier alpha value is -2.74. The number of allylic oxidation sites excluding steroid dienone is 2. The van der Waals surface area contributed by atoms with E-state index < -0.39 is 0 Å². The Morgan fingerprint density at radius 3 is 2.58 bits per heavy atom. The van der Waals surface area contributed by atoms with Gasteiger partial charge in [0.1, 0.15) is 0 Å². The van der Waals surface area contributed by atoms with E-state index in [2.05, 4.69) is 61.8 Å². The van der Waals surface area contributed by atoms with Gasteiger partial charge in [-0.1, -0.05) is 56.8 Å². The van der Waals surface area contributed by atoms with Gasteiger partial charge in [0.2, 0.25) is 0 Å². The molecule has 122 valence electrons. The van der Waals surface area contributed by atoms with Crippen molar-refractivity contribution in [3.8, 4) is 0 Å². The minimum Gasteiger partial charge on any atom is -0.399 e. The molecule has 0 radical (unpaired) electrons. The first kappa shape index (κ1) is 16.1. The summed E-state index contributed by atoms with van der Waals surface area (Å²) in [4.78, 5) is 0. The number of nitrogens with two attached hydrogens (primary N) is 1. The van der Waals surface area contributed by atoms with Crippen molar-refractivity contribution in [1.29, 1.82) is 0 Å². The zero-order valence-electron chi connectivity index (χ0n) is 14.2. The van der Waals surface area contributed by atoms with Gasteiger partial charge in [-0.3, -0.25) is 0 Å². The van der Waals surface area contributed by atoms with E-state index in [0.717, 1.165) is 35.4 Å². The molecule has 2 heteroatoms. The zero-order valence-corrected chi connectivity index (χ0v) is 14.2. The van der Waals surface area contributed by atoms with Gasteiger partial charge in [0, 0.05) is 28.2 Å². The summed E-state index contributed by atoms with van der Waals surface area (Å²) in [6.07, 6.45) is 5.45. The topological polar surface area (TPSA) is 38.0 Å². The molecular formula is C22H24N2. The lowest BCUT2D eigenvalue weighted by Gasteiger charge is -2.14. The van der Waals surface area contributed by atoms with Gasteiger partial charge in [0.15, 0.2) is 0 Å². The summed E-state index contributed by atoms with van der Waals surface area (Å²) < 4.78 is 0. The molecule has 1 aliphatic rings. The van der Waals surface area contributed by atoms with Crippen LogP contribution in [0.4, 0.5) is 5.69 Å². The van der Waals surface area contributed by atoms with Crippen LogP contribution in [0.5, 0.6) is 0 Å². The molecule has 0 saturated carbocycles. The molecule has 0 saturated heterocycles. The predicted molar refractivity (Wildman–Crippen MR) is 105 cm³/mol. The van der Waals surface area contributed by atoms with Crippen molar-refractivity contribution in [3.63, 3.8) is 0 Å². The number of unbranched alkanes of at least 4 members (excludes halogenated alkanes) is 1. The Morgan fingerprint density at radius 2 is 1.88 bits per heavy atom. The normalized spacial score (nSPS) is 12.7. The largest absolute Gasteiger partial charge is 0.399 e. The minimum atomic E-state index is 0.620. The Morgan fingerprint density at radius 1 is 1.12 bits per heavy atom. The number of hydrogen-bond acceptors (Lipinski definition) is 2. The van der Waals surface area contributed by atoms with E-state index in [-0.39, 0.29) is 0 Å². The molecular weight excluding hydrogens is 292 g/mol. The van der Waals surface area contributed by atoms with E-state index in [4.69, 9.17) is 5.73 Å². The van der Waals surface area contributed by atoms with Crippen molar-refractivity contribution in [1.82, 2.24) is 0 Å². The highest BCUT2D eigenvalue weighted by atomic mass is 14.9. The second-order valence-corrected chi connectivity index (χ2v) is 6.25. The molecule has 0 aliphatic heterocycles. The van der Waals surface area contributed by atoms with Crippen LogP contribution >= 0.6 is 0 Å². The van der Waals surface area contributed by atoms with Crippen LogP contribution in [0.25, 0.3) is 17.0 Å². The Balaban J connectivity index is 1.89. The molecule has 0 unspecified atom stereocenters. The highest BCUT2D eigenvalue weighted by Crippen LogP contribution is 2.35. The number of benzene rings is 2. The second kappa shape index (κ2) is 6.79. The molecule has 0 aromatic heterocycles. The van der Waals surface area contributed by atoms with E-state index in [1.807, 2.05) is 12.1 Å². The summed E-state index contributed by atoms with van der Waals surface area (Å²) in [7, 11) is 0. The monoisotopic (exact) mass is 316 g/mol. The molecule has 0 heterocycles. The van der Waals surface area contributed by atoms with Gasteiger partial charge in [-0.2, -0.15) is 0 Å². The van der Waals surface area contributed by atoms with Crippen molar-refractivity contribution in [2.24, 2.45) is 5.73 Å². The molecule has 2 aromatic carbocycles. The van der Waals surface area contributed by atoms with E-state index in [9.17, 15) is 0 Å². The fourth-order valence-electron chi connectivity index (χ4n) is 3.13. The molecule has 0 bridgehead atoms. The molecule has 2 aromatic rings. The number of rotatable bonds is 6. The predicted octanol–water partition coefficient (Wildman–Crippen LogP) is 5.44. The van der Waals surface area contributed by atoms with E-state index >= 15 is 0 Å². The maximum atomic E-state index is 6.01. The van der Waals surface area contributed by atoms with Gasteiger partial charge in [0.05, 0.1) is 0 Å². The van der Waals surface area contributed by atoms with Gasteiger partial charge < -0.3 is 11.1 Å². The summed E-state index contributed by atoms with van der Waals surface area (Å²) in [5.74, 6) is 0. The van der Waals surface area contributed by atoms with Crippen LogP contribution in [-0.2, 0) is 6.42 Å². The Kier molecular flexibility index (Phi) is 4.57. The smallest absolute Gasteiger partial charge is 0.0470 e. The van der Waals surface area contributed by atoms with Crippen molar-refractivity contribution in [2.45, 2.75) is 26.2 Å². The maximum Gasteiger partial charge on any atom is 0.0470 e. The number of anilines is 1. The summed E-state index contributed by atoms with van der Waals surface area (Å²) in [5, 5.41) is 3.51. The highest BCUT2D eigenvalue weighted by molar-refractivity contribution is 5.98. The third-order valence-corrected chi connectivity index (χ3v) is 4.42. The first-order valence-electron chi connectivity index (χ1n) is 8.45. The fourth-order valence-corrected chi connectivity index (χ4v) is 3.13. The van der Waals surface area contributed by atoms with Gasteiger partial charge in [-0.15, -0.1) is 0 Å². The summed E-state index contributed by atoms with van der Waals surface area (Å²) in [6, 6.07) is 14.7. The molecule has 1 aliphatic carbocycles. The molecule has 2 nitrogen and oxygen atoms in total. The third-order valence-electron chi connectivity index (χ3n) is 4.42. The number of aryl methyl sites for hydroxylation is 1. The number of nitrogens with one attached hydrogen (secondary N) is 1. The van der Waals surface area contributed by atoms with Crippen LogP contribution in [-0.4, -0.2) is 0 Å². The quantitative estimate of drug-likeness (QED) is 0.745. The molecule has 0 spiro atoms. The third kappa shape index (κ3) is 3.13. The van der Waals surface area contributed by atoms with E-state index in [0.29, 0.717) is 5.70 Å². The highest BCUT2D eigenvalue weighted by Gasteiger charge is 2.16. The van der Waals surface area contributed by atoms with Crippen LogP contribution in [0, 0.1) is 0 Å². The van der Waals surface area contributed by atoms with Gasteiger partial charge in [0.25, 0.3) is 0 Å². The lowest BCUT2D eigenvalue weighted by Crippen LogP contribution is -2.03. The Bertz CT molecular complexity index is 828. The summed E-state index contributed by atoms with van der Waals surface area (Å²) in [5.41, 5.74) is 14.4. The van der Waals surface area contributed by atoms with Crippen LogP contribution < -0.4 is 11.1 Å². The van der Waals surface area contributed by atoms with Crippen molar-refractivity contribution >= 4 is 22.7 Å². The van der Waals surface area contributed by atoms with Gasteiger partial charge in [-0.05, 0) is 47.8 Å². The van der Waals surface area contributed by atoms with E-state index in [1.54, 1.807) is 0 Å². The lowest BCUT2D eigenvalue weighted by molar-refractivity contribution is 0.793. The summed E-state index contributed by atoms with van der Waals surface area (Å²) in [6.45, 7) is 10.3. The molecule has 3 rings (SSSR count).